The van der Waals surface area contributed by atoms with Gasteiger partial charge in [0, 0.05) is 11.0 Å². The van der Waals surface area contributed by atoms with Crippen LogP contribution in [0.3, 0.4) is 0 Å². The van der Waals surface area contributed by atoms with Crippen molar-refractivity contribution in [2.45, 2.75) is 33.1 Å². The first-order valence-corrected chi connectivity index (χ1v) is 7.27. The molecule has 7 heteroatoms. The van der Waals surface area contributed by atoms with Crippen molar-refractivity contribution >= 4 is 5.97 Å². The summed E-state index contributed by atoms with van der Waals surface area (Å²) in [5, 5.41) is 12.7. The van der Waals surface area contributed by atoms with Crippen LogP contribution in [-0.4, -0.2) is 34.4 Å². The molecular formula is C16H20N2O5. The Bertz CT molecular complexity index is 688. The fraction of sp³-hybridized carbons (Fsp3) is 0.438. The summed E-state index contributed by atoms with van der Waals surface area (Å²) in [6.45, 7) is 7.78. The first-order chi connectivity index (χ1) is 10.8. The van der Waals surface area contributed by atoms with Gasteiger partial charge in [0.2, 0.25) is 11.7 Å². The van der Waals surface area contributed by atoms with E-state index in [9.17, 15) is 4.79 Å². The van der Waals surface area contributed by atoms with E-state index in [2.05, 4.69) is 10.1 Å². The van der Waals surface area contributed by atoms with E-state index in [-0.39, 0.29) is 5.41 Å². The Morgan fingerprint density at radius 2 is 2.00 bits per heavy atom. The average Bonchev–Trinajstić information content (AvgIpc) is 2.96. The number of benzene rings is 1. The lowest BCUT2D eigenvalue weighted by molar-refractivity contribution is -0.139. The highest BCUT2D eigenvalue weighted by Gasteiger charge is 2.22. The molecule has 1 N–H and O–H groups in total. The second kappa shape index (κ2) is 6.68. The maximum Gasteiger partial charge on any atom is 0.341 e. The van der Waals surface area contributed by atoms with Gasteiger partial charge in [0.15, 0.2) is 18.1 Å². The predicted molar refractivity (Wildman–Crippen MR) is 82.7 cm³/mol. The van der Waals surface area contributed by atoms with Crippen molar-refractivity contribution in [1.82, 2.24) is 10.1 Å². The molecule has 0 radical (unpaired) electrons. The van der Waals surface area contributed by atoms with Crippen molar-refractivity contribution in [2.75, 3.05) is 13.2 Å². The highest BCUT2D eigenvalue weighted by atomic mass is 16.5. The summed E-state index contributed by atoms with van der Waals surface area (Å²) in [6, 6.07) is 5.07. The molecule has 0 saturated carbocycles. The molecule has 0 saturated heterocycles. The van der Waals surface area contributed by atoms with Gasteiger partial charge in [0.05, 0.1) is 6.61 Å². The molecule has 7 nitrogen and oxygen atoms in total. The van der Waals surface area contributed by atoms with Gasteiger partial charge in [-0.2, -0.15) is 4.98 Å². The van der Waals surface area contributed by atoms with Crippen LogP contribution in [0.2, 0.25) is 0 Å². The van der Waals surface area contributed by atoms with Crippen LogP contribution in [0.4, 0.5) is 0 Å². The fourth-order valence-corrected chi connectivity index (χ4v) is 1.82. The van der Waals surface area contributed by atoms with Gasteiger partial charge in [-0.15, -0.1) is 0 Å². The molecule has 1 aromatic heterocycles. The monoisotopic (exact) mass is 320 g/mol. The number of aromatic nitrogens is 2. The number of aliphatic carboxylic acids is 1. The lowest BCUT2D eigenvalue weighted by atomic mass is 9.97. The lowest BCUT2D eigenvalue weighted by Crippen LogP contribution is -2.11. The Kier molecular flexibility index (Phi) is 4.88. The van der Waals surface area contributed by atoms with Crippen LogP contribution >= 0.6 is 0 Å². The second-order valence-corrected chi connectivity index (χ2v) is 5.95. The summed E-state index contributed by atoms with van der Waals surface area (Å²) in [7, 11) is 0. The van der Waals surface area contributed by atoms with Crippen LogP contribution in [0, 0.1) is 0 Å². The lowest BCUT2D eigenvalue weighted by Gasteiger charge is -2.11. The SMILES string of the molecule is CCOc1cc(-c2noc(C(C)(C)C)n2)ccc1OCC(=O)O. The number of hydrogen-bond acceptors (Lipinski definition) is 6. The van der Waals surface area contributed by atoms with Crippen LogP contribution in [0.25, 0.3) is 11.4 Å². The molecule has 0 bridgehead atoms. The topological polar surface area (TPSA) is 94.7 Å². The van der Waals surface area contributed by atoms with E-state index in [0.29, 0.717) is 35.4 Å². The maximum absolute atomic E-state index is 10.6. The summed E-state index contributed by atoms with van der Waals surface area (Å²) < 4.78 is 16.0. The zero-order valence-electron chi connectivity index (χ0n) is 13.6. The molecule has 124 valence electrons. The van der Waals surface area contributed by atoms with E-state index in [1.165, 1.54) is 0 Å². The standard InChI is InChI=1S/C16H20N2O5/c1-5-21-12-8-10(6-7-11(12)22-9-13(19)20)14-17-15(23-18-14)16(2,3)4/h6-8H,5,9H2,1-4H3,(H,19,20). The minimum Gasteiger partial charge on any atom is -0.490 e. The summed E-state index contributed by atoms with van der Waals surface area (Å²) in [6.07, 6.45) is 0. The molecule has 0 spiro atoms. The largest absolute Gasteiger partial charge is 0.490 e. The molecule has 0 aliphatic rings. The third-order valence-corrected chi connectivity index (χ3v) is 2.92. The molecule has 1 aromatic carbocycles. The average molecular weight is 320 g/mol. The second-order valence-electron chi connectivity index (χ2n) is 5.95. The molecule has 0 amide bonds. The third-order valence-electron chi connectivity index (χ3n) is 2.92. The molecule has 0 aliphatic carbocycles. The maximum atomic E-state index is 10.6. The summed E-state index contributed by atoms with van der Waals surface area (Å²) >= 11 is 0. The van der Waals surface area contributed by atoms with Crippen molar-refractivity contribution < 1.29 is 23.9 Å². The number of rotatable bonds is 6. The van der Waals surface area contributed by atoms with Crippen LogP contribution in [0.15, 0.2) is 22.7 Å². The number of hydrogen-bond donors (Lipinski definition) is 1. The van der Waals surface area contributed by atoms with Gasteiger partial charge in [0.1, 0.15) is 0 Å². The Hall–Kier alpha value is -2.57. The summed E-state index contributed by atoms with van der Waals surface area (Å²) in [4.78, 5) is 15.0. The zero-order chi connectivity index (χ0) is 17.0. The Morgan fingerprint density at radius 1 is 1.26 bits per heavy atom. The molecule has 2 rings (SSSR count). The van der Waals surface area contributed by atoms with Crippen molar-refractivity contribution in [1.29, 1.82) is 0 Å². The van der Waals surface area contributed by atoms with E-state index >= 15 is 0 Å². The number of carbonyl (C=O) groups is 1. The molecule has 1 heterocycles. The van der Waals surface area contributed by atoms with Crippen molar-refractivity contribution in [3.63, 3.8) is 0 Å². The fourth-order valence-electron chi connectivity index (χ4n) is 1.82. The zero-order valence-corrected chi connectivity index (χ0v) is 13.6. The minimum absolute atomic E-state index is 0.238. The van der Waals surface area contributed by atoms with Crippen LogP contribution < -0.4 is 9.47 Å². The molecule has 0 aliphatic heterocycles. The van der Waals surface area contributed by atoms with E-state index in [1.54, 1.807) is 18.2 Å². The predicted octanol–water partition coefficient (Wildman–Crippen LogP) is 2.90. The van der Waals surface area contributed by atoms with Gasteiger partial charge in [-0.25, -0.2) is 4.79 Å². The molecule has 23 heavy (non-hydrogen) atoms. The van der Waals surface area contributed by atoms with Crippen LogP contribution in [0.5, 0.6) is 11.5 Å². The van der Waals surface area contributed by atoms with Crippen LogP contribution in [0.1, 0.15) is 33.6 Å². The first kappa shape index (κ1) is 16.8. The Morgan fingerprint density at radius 3 is 2.57 bits per heavy atom. The van der Waals surface area contributed by atoms with Gasteiger partial charge in [0.25, 0.3) is 0 Å². The van der Waals surface area contributed by atoms with Gasteiger partial charge in [-0.1, -0.05) is 25.9 Å². The van der Waals surface area contributed by atoms with Gasteiger partial charge < -0.3 is 19.1 Å². The Labute approximate surface area is 134 Å². The summed E-state index contributed by atoms with van der Waals surface area (Å²) in [5.74, 6) is 0.729. The number of nitrogens with zero attached hydrogens (tertiary/aromatic N) is 2. The third kappa shape index (κ3) is 4.21. The van der Waals surface area contributed by atoms with Crippen molar-refractivity contribution in [2.24, 2.45) is 0 Å². The smallest absolute Gasteiger partial charge is 0.341 e. The molecular weight excluding hydrogens is 300 g/mol. The van der Waals surface area contributed by atoms with Gasteiger partial charge in [-0.05, 0) is 25.1 Å². The molecule has 0 unspecified atom stereocenters. The number of ether oxygens (including phenoxy) is 2. The van der Waals surface area contributed by atoms with Crippen LogP contribution in [-0.2, 0) is 10.2 Å². The van der Waals surface area contributed by atoms with E-state index in [0.717, 1.165) is 0 Å². The van der Waals surface area contributed by atoms with E-state index < -0.39 is 12.6 Å². The van der Waals surface area contributed by atoms with Gasteiger partial charge >= 0.3 is 5.97 Å². The van der Waals surface area contributed by atoms with Crippen molar-refractivity contribution in [3.05, 3.63) is 24.1 Å². The molecule has 0 atom stereocenters. The molecule has 0 fully saturated rings. The highest BCUT2D eigenvalue weighted by molar-refractivity contribution is 5.69. The number of carboxylic acids is 1. The Balaban J connectivity index is 2.31. The normalized spacial score (nSPS) is 11.3. The summed E-state index contributed by atoms with van der Waals surface area (Å²) in [5.41, 5.74) is 0.466. The molecule has 2 aromatic rings. The highest BCUT2D eigenvalue weighted by Crippen LogP contribution is 2.32. The van der Waals surface area contributed by atoms with E-state index in [4.69, 9.17) is 19.1 Å². The van der Waals surface area contributed by atoms with Gasteiger partial charge in [-0.3, -0.25) is 0 Å². The minimum atomic E-state index is -1.05. The number of carboxylic acid groups (broad SMARTS) is 1. The van der Waals surface area contributed by atoms with Crippen molar-refractivity contribution in [3.8, 4) is 22.9 Å². The quantitative estimate of drug-likeness (QED) is 0.874. The first-order valence-electron chi connectivity index (χ1n) is 7.27. The van der Waals surface area contributed by atoms with E-state index in [1.807, 2.05) is 27.7 Å².